The van der Waals surface area contributed by atoms with Gasteiger partial charge in [-0.25, -0.2) is 0 Å². The molecule has 1 aliphatic rings. The summed E-state index contributed by atoms with van der Waals surface area (Å²) in [6.45, 7) is 0.270. The number of rotatable bonds is 3. The normalized spacial score (nSPS) is 19.7. The van der Waals surface area contributed by atoms with Gasteiger partial charge in [-0.15, -0.1) is 0 Å². The number of fused-ring (bicyclic) bond motifs is 1. The van der Waals surface area contributed by atoms with Crippen LogP contribution in [0, 0.1) is 0 Å². The molecule has 0 saturated heterocycles. The van der Waals surface area contributed by atoms with Crippen molar-refractivity contribution in [3.63, 3.8) is 0 Å². The molecule has 0 aromatic heterocycles. The van der Waals surface area contributed by atoms with Crippen LogP contribution in [0.25, 0.3) is 0 Å². The van der Waals surface area contributed by atoms with Crippen molar-refractivity contribution in [3.8, 4) is 5.75 Å². The molecule has 1 aromatic rings. The highest BCUT2D eigenvalue weighted by molar-refractivity contribution is 6.36. The lowest BCUT2D eigenvalue weighted by Crippen LogP contribution is -1.98. The molecule has 0 bridgehead atoms. The van der Waals surface area contributed by atoms with Gasteiger partial charge in [0.15, 0.2) is 0 Å². The SMILES string of the molecule is O[C@@H]1CCc2cc(OC/C(Cl)=C/Cl)ccc21. The molecular weight excluding hydrogens is 247 g/mol. The van der Waals surface area contributed by atoms with E-state index in [2.05, 4.69) is 0 Å². The minimum Gasteiger partial charge on any atom is -0.488 e. The Balaban J connectivity index is 2.08. The van der Waals surface area contributed by atoms with Crippen LogP contribution in [-0.2, 0) is 6.42 Å². The Bertz CT molecular complexity index is 415. The van der Waals surface area contributed by atoms with Crippen LogP contribution in [0.3, 0.4) is 0 Å². The molecule has 1 N–H and O–H groups in total. The lowest BCUT2D eigenvalue weighted by Gasteiger charge is -2.08. The number of benzene rings is 1. The van der Waals surface area contributed by atoms with Crippen LogP contribution in [0.15, 0.2) is 28.8 Å². The quantitative estimate of drug-likeness (QED) is 0.901. The maximum absolute atomic E-state index is 9.64. The van der Waals surface area contributed by atoms with Crippen LogP contribution in [0.1, 0.15) is 23.7 Å². The monoisotopic (exact) mass is 258 g/mol. The van der Waals surface area contributed by atoms with E-state index in [1.54, 1.807) is 0 Å². The molecule has 0 amide bonds. The number of hydrogen-bond acceptors (Lipinski definition) is 2. The van der Waals surface area contributed by atoms with Crippen molar-refractivity contribution in [2.75, 3.05) is 6.61 Å². The van der Waals surface area contributed by atoms with Gasteiger partial charge in [0.25, 0.3) is 0 Å². The fourth-order valence-electron chi connectivity index (χ4n) is 1.84. The molecule has 0 spiro atoms. The van der Waals surface area contributed by atoms with E-state index < -0.39 is 0 Å². The second-order valence-corrected chi connectivity index (χ2v) is 4.46. The molecule has 0 aliphatic heterocycles. The van der Waals surface area contributed by atoms with Crippen molar-refractivity contribution >= 4 is 23.2 Å². The van der Waals surface area contributed by atoms with Gasteiger partial charge in [0.05, 0.1) is 11.1 Å². The van der Waals surface area contributed by atoms with Crippen LogP contribution < -0.4 is 4.74 Å². The summed E-state index contributed by atoms with van der Waals surface area (Å²) in [4.78, 5) is 0. The standard InChI is InChI=1S/C12H12Cl2O2/c13-6-9(14)7-16-10-2-3-11-8(5-10)1-4-12(11)15/h2-3,5-6,12,15H,1,4,7H2/b9-6-/t12-/m1/s1. The number of hydrogen-bond donors (Lipinski definition) is 1. The fourth-order valence-corrected chi connectivity index (χ4v) is 1.96. The predicted molar refractivity (Wildman–Crippen MR) is 65.0 cm³/mol. The average Bonchev–Trinajstić information content (AvgIpc) is 2.67. The molecule has 0 saturated carbocycles. The van der Waals surface area contributed by atoms with Gasteiger partial charge >= 0.3 is 0 Å². The first-order valence-electron chi connectivity index (χ1n) is 5.09. The third-order valence-corrected chi connectivity index (χ3v) is 3.25. The fraction of sp³-hybridized carbons (Fsp3) is 0.333. The van der Waals surface area contributed by atoms with Crippen molar-refractivity contribution in [2.45, 2.75) is 18.9 Å². The maximum atomic E-state index is 9.64. The Morgan fingerprint density at radius 2 is 2.38 bits per heavy atom. The highest BCUT2D eigenvalue weighted by atomic mass is 35.5. The number of aryl methyl sites for hydroxylation is 1. The largest absolute Gasteiger partial charge is 0.488 e. The van der Waals surface area contributed by atoms with Gasteiger partial charge in [-0.3, -0.25) is 0 Å². The highest BCUT2D eigenvalue weighted by Crippen LogP contribution is 2.33. The van der Waals surface area contributed by atoms with Gasteiger partial charge in [-0.2, -0.15) is 0 Å². The van der Waals surface area contributed by atoms with Crippen LogP contribution in [0.2, 0.25) is 0 Å². The van der Waals surface area contributed by atoms with Gasteiger partial charge < -0.3 is 9.84 Å². The molecule has 1 aromatic carbocycles. The van der Waals surface area contributed by atoms with Crippen LogP contribution in [-0.4, -0.2) is 11.7 Å². The van der Waals surface area contributed by atoms with E-state index in [9.17, 15) is 5.11 Å². The van der Waals surface area contributed by atoms with E-state index in [4.69, 9.17) is 27.9 Å². The number of ether oxygens (including phenoxy) is 1. The third kappa shape index (κ3) is 2.51. The molecule has 4 heteroatoms. The first-order chi connectivity index (χ1) is 7.70. The zero-order chi connectivity index (χ0) is 11.5. The summed E-state index contributed by atoms with van der Waals surface area (Å²) in [5, 5.41) is 10.1. The topological polar surface area (TPSA) is 29.5 Å². The van der Waals surface area contributed by atoms with Crippen LogP contribution in [0.4, 0.5) is 0 Å². The van der Waals surface area contributed by atoms with E-state index >= 15 is 0 Å². The number of aliphatic hydroxyl groups excluding tert-OH is 1. The minimum atomic E-state index is -0.324. The lowest BCUT2D eigenvalue weighted by atomic mass is 10.1. The highest BCUT2D eigenvalue weighted by Gasteiger charge is 2.20. The molecule has 2 nitrogen and oxygen atoms in total. The first-order valence-corrected chi connectivity index (χ1v) is 5.90. The Morgan fingerprint density at radius 1 is 1.56 bits per heavy atom. The second-order valence-electron chi connectivity index (χ2n) is 3.76. The molecule has 0 fully saturated rings. The van der Waals surface area contributed by atoms with E-state index in [0.29, 0.717) is 5.03 Å². The van der Waals surface area contributed by atoms with Crippen LogP contribution in [0.5, 0.6) is 5.75 Å². The van der Waals surface area contributed by atoms with E-state index in [1.807, 2.05) is 18.2 Å². The molecule has 0 radical (unpaired) electrons. The molecule has 16 heavy (non-hydrogen) atoms. The summed E-state index contributed by atoms with van der Waals surface area (Å²) < 4.78 is 5.45. The minimum absolute atomic E-state index is 0.270. The summed E-state index contributed by atoms with van der Waals surface area (Å²) in [6, 6.07) is 5.69. The number of aliphatic hydroxyl groups is 1. The molecule has 0 heterocycles. The average molecular weight is 259 g/mol. The van der Waals surface area contributed by atoms with E-state index in [0.717, 1.165) is 29.7 Å². The summed E-state index contributed by atoms with van der Waals surface area (Å²) in [6.07, 6.45) is 1.36. The maximum Gasteiger partial charge on any atom is 0.125 e. The molecule has 1 atom stereocenters. The van der Waals surface area contributed by atoms with Crippen molar-refractivity contribution in [2.24, 2.45) is 0 Å². The summed E-state index contributed by atoms with van der Waals surface area (Å²) in [5.74, 6) is 0.754. The first kappa shape index (κ1) is 11.8. The Kier molecular flexibility index (Phi) is 3.74. The van der Waals surface area contributed by atoms with Crippen molar-refractivity contribution < 1.29 is 9.84 Å². The lowest BCUT2D eigenvalue weighted by molar-refractivity contribution is 0.180. The molecular formula is C12H12Cl2O2. The second kappa shape index (κ2) is 5.09. The van der Waals surface area contributed by atoms with Gasteiger partial charge in [-0.1, -0.05) is 29.3 Å². The Labute approximate surface area is 104 Å². The summed E-state index contributed by atoms with van der Waals surface area (Å²) in [7, 11) is 0. The molecule has 2 rings (SSSR count). The Morgan fingerprint density at radius 3 is 3.12 bits per heavy atom. The van der Waals surface area contributed by atoms with Crippen molar-refractivity contribution in [1.29, 1.82) is 0 Å². The zero-order valence-corrected chi connectivity index (χ0v) is 10.1. The molecule has 1 aliphatic carbocycles. The summed E-state index contributed by atoms with van der Waals surface area (Å²) >= 11 is 11.1. The van der Waals surface area contributed by atoms with Crippen molar-refractivity contribution in [3.05, 3.63) is 39.9 Å². The number of halogens is 2. The predicted octanol–water partition coefficient (Wildman–Crippen LogP) is 3.36. The molecule has 0 unspecified atom stereocenters. The van der Waals surface area contributed by atoms with Gasteiger partial charge in [-0.05, 0) is 36.1 Å². The van der Waals surface area contributed by atoms with Gasteiger partial charge in [0, 0.05) is 5.54 Å². The smallest absolute Gasteiger partial charge is 0.125 e. The van der Waals surface area contributed by atoms with E-state index in [-0.39, 0.29) is 12.7 Å². The van der Waals surface area contributed by atoms with Crippen LogP contribution >= 0.6 is 23.2 Å². The Hall–Kier alpha value is -0.700. The zero-order valence-electron chi connectivity index (χ0n) is 8.62. The summed E-state index contributed by atoms with van der Waals surface area (Å²) in [5.41, 5.74) is 3.45. The van der Waals surface area contributed by atoms with Crippen molar-refractivity contribution in [1.82, 2.24) is 0 Å². The van der Waals surface area contributed by atoms with Gasteiger partial charge in [0.2, 0.25) is 0 Å². The van der Waals surface area contributed by atoms with Gasteiger partial charge in [0.1, 0.15) is 12.4 Å². The third-order valence-electron chi connectivity index (χ3n) is 2.66. The molecule has 86 valence electrons. The van der Waals surface area contributed by atoms with E-state index in [1.165, 1.54) is 5.54 Å².